The van der Waals surface area contributed by atoms with Crippen molar-refractivity contribution in [2.45, 2.75) is 46.1 Å². The standard InChI is InChI=1S/C18H22N6O2/c1-3-10-24-15(11-13(2)22-24)20-16(25)7-4-8-17-21-18(23-26-17)14-6-5-9-19-12-14/h5-6,9,11-12H,3-4,7-8,10H2,1-2H3,(H,20,25). The summed E-state index contributed by atoms with van der Waals surface area (Å²) in [5.41, 5.74) is 1.70. The Labute approximate surface area is 151 Å². The van der Waals surface area contributed by atoms with Crippen molar-refractivity contribution in [2.24, 2.45) is 0 Å². The summed E-state index contributed by atoms with van der Waals surface area (Å²) in [6.45, 7) is 4.77. The van der Waals surface area contributed by atoms with Gasteiger partial charge in [0.2, 0.25) is 17.6 Å². The smallest absolute Gasteiger partial charge is 0.226 e. The lowest BCUT2D eigenvalue weighted by molar-refractivity contribution is -0.116. The van der Waals surface area contributed by atoms with Crippen molar-refractivity contribution in [1.29, 1.82) is 0 Å². The minimum atomic E-state index is -0.0470. The lowest BCUT2D eigenvalue weighted by atomic mass is 10.2. The van der Waals surface area contributed by atoms with Crippen LogP contribution >= 0.6 is 0 Å². The van der Waals surface area contributed by atoms with Crippen LogP contribution in [0.2, 0.25) is 0 Å². The Morgan fingerprint density at radius 1 is 1.38 bits per heavy atom. The van der Waals surface area contributed by atoms with E-state index in [-0.39, 0.29) is 5.91 Å². The number of aromatic nitrogens is 5. The third-order valence-electron chi connectivity index (χ3n) is 3.79. The summed E-state index contributed by atoms with van der Waals surface area (Å²) >= 11 is 0. The van der Waals surface area contributed by atoms with Crippen LogP contribution in [-0.2, 0) is 17.8 Å². The largest absolute Gasteiger partial charge is 0.339 e. The number of amides is 1. The molecule has 0 saturated heterocycles. The molecule has 0 bridgehead atoms. The highest BCUT2D eigenvalue weighted by Gasteiger charge is 2.11. The zero-order chi connectivity index (χ0) is 18.4. The molecule has 0 radical (unpaired) electrons. The summed E-state index contributed by atoms with van der Waals surface area (Å²) in [5.74, 6) is 1.72. The van der Waals surface area contributed by atoms with Crippen molar-refractivity contribution in [3.8, 4) is 11.4 Å². The van der Waals surface area contributed by atoms with E-state index >= 15 is 0 Å². The minimum absolute atomic E-state index is 0.0470. The van der Waals surface area contributed by atoms with Crippen LogP contribution in [-0.4, -0.2) is 30.8 Å². The monoisotopic (exact) mass is 354 g/mol. The Kier molecular flexibility index (Phi) is 5.73. The van der Waals surface area contributed by atoms with Crippen LogP contribution in [0.15, 0.2) is 35.1 Å². The van der Waals surface area contributed by atoms with Crippen LogP contribution in [0.5, 0.6) is 0 Å². The van der Waals surface area contributed by atoms with Gasteiger partial charge in [0.25, 0.3) is 0 Å². The van der Waals surface area contributed by atoms with E-state index in [1.165, 1.54) is 0 Å². The van der Waals surface area contributed by atoms with Gasteiger partial charge in [0, 0.05) is 43.4 Å². The summed E-state index contributed by atoms with van der Waals surface area (Å²) in [5, 5.41) is 11.2. The van der Waals surface area contributed by atoms with Gasteiger partial charge in [-0.05, 0) is 31.9 Å². The molecule has 1 N–H and O–H groups in total. The molecule has 3 aromatic heterocycles. The van der Waals surface area contributed by atoms with E-state index in [0.717, 1.165) is 30.0 Å². The number of anilines is 1. The first-order valence-corrected chi connectivity index (χ1v) is 8.73. The highest BCUT2D eigenvalue weighted by atomic mass is 16.5. The lowest BCUT2D eigenvalue weighted by Gasteiger charge is -2.07. The molecule has 0 aliphatic carbocycles. The summed E-state index contributed by atoms with van der Waals surface area (Å²) in [4.78, 5) is 20.5. The minimum Gasteiger partial charge on any atom is -0.339 e. The molecular weight excluding hydrogens is 332 g/mol. The van der Waals surface area contributed by atoms with E-state index in [2.05, 4.69) is 32.5 Å². The number of aryl methyl sites for hydroxylation is 3. The van der Waals surface area contributed by atoms with Crippen LogP contribution in [0, 0.1) is 6.92 Å². The summed E-state index contributed by atoms with van der Waals surface area (Å²) in [7, 11) is 0. The third kappa shape index (κ3) is 4.53. The summed E-state index contributed by atoms with van der Waals surface area (Å²) in [6, 6.07) is 5.57. The molecule has 1 amide bonds. The molecule has 136 valence electrons. The highest BCUT2D eigenvalue weighted by Crippen LogP contribution is 2.15. The number of hydrogen-bond donors (Lipinski definition) is 1. The van der Waals surface area contributed by atoms with E-state index in [1.807, 2.05) is 29.8 Å². The highest BCUT2D eigenvalue weighted by molar-refractivity contribution is 5.89. The normalized spacial score (nSPS) is 10.8. The van der Waals surface area contributed by atoms with Gasteiger partial charge in [0.05, 0.1) is 5.69 Å². The van der Waals surface area contributed by atoms with Gasteiger partial charge in [-0.25, -0.2) is 4.68 Å². The Bertz CT molecular complexity index is 856. The molecule has 0 unspecified atom stereocenters. The molecule has 0 aliphatic rings. The number of nitrogens with one attached hydrogen (secondary N) is 1. The number of carbonyl (C=O) groups is 1. The van der Waals surface area contributed by atoms with Gasteiger partial charge >= 0.3 is 0 Å². The Morgan fingerprint density at radius 3 is 3.04 bits per heavy atom. The molecule has 0 spiro atoms. The second-order valence-corrected chi connectivity index (χ2v) is 6.05. The fourth-order valence-corrected chi connectivity index (χ4v) is 2.60. The molecule has 0 atom stereocenters. The van der Waals surface area contributed by atoms with Crippen LogP contribution in [0.1, 0.15) is 37.8 Å². The van der Waals surface area contributed by atoms with Gasteiger partial charge in [-0.3, -0.25) is 9.78 Å². The summed E-state index contributed by atoms with van der Waals surface area (Å²) < 4.78 is 7.06. The molecular formula is C18H22N6O2. The van der Waals surface area contributed by atoms with E-state index < -0.39 is 0 Å². The van der Waals surface area contributed by atoms with Crippen LogP contribution in [0.25, 0.3) is 11.4 Å². The predicted octanol–water partition coefficient (Wildman–Crippen LogP) is 3.01. The van der Waals surface area contributed by atoms with Crippen LogP contribution in [0.4, 0.5) is 5.82 Å². The Hall–Kier alpha value is -3.03. The molecule has 3 rings (SSSR count). The third-order valence-corrected chi connectivity index (χ3v) is 3.79. The SMILES string of the molecule is CCCn1nc(C)cc1NC(=O)CCCc1nc(-c2cccnc2)no1. The fourth-order valence-electron chi connectivity index (χ4n) is 2.60. The zero-order valence-electron chi connectivity index (χ0n) is 15.0. The number of hydrogen-bond acceptors (Lipinski definition) is 6. The Morgan fingerprint density at radius 2 is 2.27 bits per heavy atom. The van der Waals surface area contributed by atoms with E-state index in [4.69, 9.17) is 4.52 Å². The van der Waals surface area contributed by atoms with Gasteiger partial charge in [-0.1, -0.05) is 12.1 Å². The molecule has 0 fully saturated rings. The maximum absolute atomic E-state index is 12.2. The number of rotatable bonds is 8. The molecule has 0 aliphatic heterocycles. The molecule has 26 heavy (non-hydrogen) atoms. The predicted molar refractivity (Wildman–Crippen MR) is 96.4 cm³/mol. The Balaban J connectivity index is 1.49. The molecule has 8 heteroatoms. The maximum Gasteiger partial charge on any atom is 0.226 e. The average Bonchev–Trinajstić information content (AvgIpc) is 3.23. The number of nitrogens with zero attached hydrogens (tertiary/aromatic N) is 5. The van der Waals surface area contributed by atoms with Gasteiger partial charge in [-0.15, -0.1) is 0 Å². The van der Waals surface area contributed by atoms with Crippen molar-refractivity contribution in [1.82, 2.24) is 24.9 Å². The quantitative estimate of drug-likeness (QED) is 0.667. The van der Waals surface area contributed by atoms with Gasteiger partial charge in [-0.2, -0.15) is 10.1 Å². The average molecular weight is 354 g/mol. The number of pyridine rings is 1. The lowest BCUT2D eigenvalue weighted by Crippen LogP contribution is -2.15. The topological polar surface area (TPSA) is 98.7 Å². The second kappa shape index (κ2) is 8.37. The van der Waals surface area contributed by atoms with Gasteiger partial charge in [0.15, 0.2) is 0 Å². The molecule has 0 saturated carbocycles. The van der Waals surface area contributed by atoms with Crippen molar-refractivity contribution >= 4 is 11.7 Å². The van der Waals surface area contributed by atoms with Crippen molar-refractivity contribution in [3.05, 3.63) is 42.2 Å². The van der Waals surface area contributed by atoms with Crippen molar-refractivity contribution in [3.63, 3.8) is 0 Å². The fraction of sp³-hybridized carbons (Fsp3) is 0.389. The molecule has 3 aromatic rings. The van der Waals surface area contributed by atoms with Crippen LogP contribution in [0.3, 0.4) is 0 Å². The van der Waals surface area contributed by atoms with E-state index in [1.54, 1.807) is 12.4 Å². The second-order valence-electron chi connectivity index (χ2n) is 6.05. The first-order chi connectivity index (χ1) is 12.7. The van der Waals surface area contributed by atoms with Crippen molar-refractivity contribution in [2.75, 3.05) is 5.32 Å². The van der Waals surface area contributed by atoms with Gasteiger partial charge in [0.1, 0.15) is 5.82 Å². The summed E-state index contributed by atoms with van der Waals surface area (Å²) in [6.07, 6.45) is 5.89. The molecule has 0 aromatic carbocycles. The van der Waals surface area contributed by atoms with E-state index in [0.29, 0.717) is 31.0 Å². The first kappa shape index (κ1) is 17.8. The van der Waals surface area contributed by atoms with Crippen molar-refractivity contribution < 1.29 is 9.32 Å². The van der Waals surface area contributed by atoms with Gasteiger partial charge < -0.3 is 9.84 Å². The zero-order valence-corrected chi connectivity index (χ0v) is 15.0. The maximum atomic E-state index is 12.2. The molecule has 3 heterocycles. The number of carbonyl (C=O) groups excluding carboxylic acids is 1. The van der Waals surface area contributed by atoms with Crippen LogP contribution < -0.4 is 5.32 Å². The van der Waals surface area contributed by atoms with E-state index in [9.17, 15) is 4.79 Å². The first-order valence-electron chi connectivity index (χ1n) is 8.73. The molecule has 8 nitrogen and oxygen atoms in total.